The van der Waals surface area contributed by atoms with Crippen LogP contribution in [0.4, 0.5) is 0 Å². The summed E-state index contributed by atoms with van der Waals surface area (Å²) in [5, 5.41) is 8.55. The molecule has 1 aromatic rings. The lowest BCUT2D eigenvalue weighted by molar-refractivity contribution is -0.132. The van der Waals surface area contributed by atoms with Gasteiger partial charge in [-0.3, -0.25) is 9.78 Å². The Balaban J connectivity index is 2.77. The molecule has 1 rings (SSSR count). The van der Waals surface area contributed by atoms with Crippen molar-refractivity contribution in [2.75, 3.05) is 6.54 Å². The molecule has 1 aromatic heterocycles. The van der Waals surface area contributed by atoms with E-state index in [1.165, 1.54) is 0 Å². The molecule has 0 aromatic carbocycles. The van der Waals surface area contributed by atoms with E-state index >= 15 is 0 Å². The first-order chi connectivity index (χ1) is 8.99. The molecule has 5 nitrogen and oxygen atoms in total. The number of aliphatic carboxylic acids is 1. The second kappa shape index (κ2) is 7.31. The minimum Gasteiger partial charge on any atom is -0.478 e. The van der Waals surface area contributed by atoms with E-state index in [1.54, 1.807) is 11.1 Å². The number of carboxylic acids is 1. The topological polar surface area (TPSA) is 70.5 Å². The van der Waals surface area contributed by atoms with Gasteiger partial charge in [-0.1, -0.05) is 19.9 Å². The van der Waals surface area contributed by atoms with Crippen LogP contribution < -0.4 is 0 Å². The van der Waals surface area contributed by atoms with Crippen molar-refractivity contribution in [2.45, 2.75) is 20.4 Å². The molecule has 1 heterocycles. The molecule has 0 atom stereocenters. The standard InChI is InChI=1S/C14H18N2O3/c1-11(2)9-16(13(17)6-7-14(18)19)10-12-5-3-4-8-15-12/h3-8,11H,9-10H2,1-2H3,(H,18,19)/b7-6+. The summed E-state index contributed by atoms with van der Waals surface area (Å²) in [5.41, 5.74) is 0.778. The molecule has 19 heavy (non-hydrogen) atoms. The van der Waals surface area contributed by atoms with Gasteiger partial charge in [0.1, 0.15) is 0 Å². The van der Waals surface area contributed by atoms with Crippen LogP contribution in [0.25, 0.3) is 0 Å². The van der Waals surface area contributed by atoms with Gasteiger partial charge in [0.25, 0.3) is 0 Å². The van der Waals surface area contributed by atoms with Crippen LogP contribution >= 0.6 is 0 Å². The molecular weight excluding hydrogens is 244 g/mol. The van der Waals surface area contributed by atoms with E-state index in [4.69, 9.17) is 5.11 Å². The van der Waals surface area contributed by atoms with Gasteiger partial charge in [-0.15, -0.1) is 0 Å². The number of aromatic nitrogens is 1. The van der Waals surface area contributed by atoms with E-state index < -0.39 is 5.97 Å². The molecule has 0 fully saturated rings. The summed E-state index contributed by atoms with van der Waals surface area (Å²) in [6, 6.07) is 5.50. The zero-order valence-corrected chi connectivity index (χ0v) is 11.1. The van der Waals surface area contributed by atoms with Gasteiger partial charge in [-0.05, 0) is 18.1 Å². The number of hydrogen-bond acceptors (Lipinski definition) is 3. The third kappa shape index (κ3) is 5.81. The molecule has 0 radical (unpaired) electrons. The van der Waals surface area contributed by atoms with E-state index in [0.29, 0.717) is 19.0 Å². The first-order valence-corrected chi connectivity index (χ1v) is 6.09. The lowest BCUT2D eigenvalue weighted by Crippen LogP contribution is -2.32. The highest BCUT2D eigenvalue weighted by Gasteiger charge is 2.13. The fraction of sp³-hybridized carbons (Fsp3) is 0.357. The van der Waals surface area contributed by atoms with Crippen molar-refractivity contribution < 1.29 is 14.7 Å². The van der Waals surface area contributed by atoms with Crippen LogP contribution in [0.1, 0.15) is 19.5 Å². The largest absolute Gasteiger partial charge is 0.478 e. The Morgan fingerprint density at radius 3 is 2.63 bits per heavy atom. The molecule has 0 saturated carbocycles. The molecule has 0 aliphatic rings. The van der Waals surface area contributed by atoms with Gasteiger partial charge in [0.05, 0.1) is 12.2 Å². The fourth-order valence-corrected chi connectivity index (χ4v) is 1.61. The maximum atomic E-state index is 11.9. The number of carbonyl (C=O) groups excluding carboxylic acids is 1. The smallest absolute Gasteiger partial charge is 0.328 e. The van der Waals surface area contributed by atoms with E-state index in [9.17, 15) is 9.59 Å². The van der Waals surface area contributed by atoms with Crippen molar-refractivity contribution >= 4 is 11.9 Å². The van der Waals surface area contributed by atoms with Crippen molar-refractivity contribution in [1.29, 1.82) is 0 Å². The van der Waals surface area contributed by atoms with Gasteiger partial charge in [-0.25, -0.2) is 4.79 Å². The van der Waals surface area contributed by atoms with Crippen LogP contribution in [0.5, 0.6) is 0 Å². The summed E-state index contributed by atoms with van der Waals surface area (Å²) >= 11 is 0. The average Bonchev–Trinajstić information content (AvgIpc) is 2.36. The molecule has 102 valence electrons. The highest BCUT2D eigenvalue weighted by molar-refractivity contribution is 5.93. The van der Waals surface area contributed by atoms with Gasteiger partial charge in [-0.2, -0.15) is 0 Å². The Hall–Kier alpha value is -2.17. The van der Waals surface area contributed by atoms with E-state index in [2.05, 4.69) is 4.98 Å². The molecule has 1 N–H and O–H groups in total. The monoisotopic (exact) mass is 262 g/mol. The highest BCUT2D eigenvalue weighted by Crippen LogP contribution is 2.06. The number of amides is 1. The summed E-state index contributed by atoms with van der Waals surface area (Å²) in [5.74, 6) is -1.15. The third-order valence-corrected chi connectivity index (χ3v) is 2.34. The van der Waals surface area contributed by atoms with E-state index in [0.717, 1.165) is 17.8 Å². The van der Waals surface area contributed by atoms with Crippen molar-refractivity contribution in [3.8, 4) is 0 Å². The zero-order chi connectivity index (χ0) is 14.3. The first kappa shape index (κ1) is 14.9. The Bertz CT molecular complexity index is 455. The van der Waals surface area contributed by atoms with Crippen LogP contribution in [0.2, 0.25) is 0 Å². The second-order valence-electron chi connectivity index (χ2n) is 4.61. The predicted molar refractivity (Wildman–Crippen MR) is 71.3 cm³/mol. The number of rotatable bonds is 6. The minimum absolute atomic E-state index is 0.297. The lowest BCUT2D eigenvalue weighted by Gasteiger charge is -2.22. The van der Waals surface area contributed by atoms with E-state index in [1.807, 2.05) is 32.0 Å². The maximum Gasteiger partial charge on any atom is 0.328 e. The molecule has 0 saturated heterocycles. The van der Waals surface area contributed by atoms with Crippen LogP contribution in [-0.2, 0) is 16.1 Å². The maximum absolute atomic E-state index is 11.9. The summed E-state index contributed by atoms with van der Waals surface area (Å²) in [6.45, 7) is 4.93. The molecule has 0 aliphatic heterocycles. The molecule has 5 heteroatoms. The van der Waals surface area contributed by atoms with Gasteiger partial charge in [0.15, 0.2) is 0 Å². The number of carboxylic acid groups (broad SMARTS) is 1. The lowest BCUT2D eigenvalue weighted by atomic mass is 10.2. The second-order valence-corrected chi connectivity index (χ2v) is 4.61. The SMILES string of the molecule is CC(C)CN(Cc1ccccn1)C(=O)/C=C/C(=O)O. The predicted octanol–water partition coefficient (Wildman–Crippen LogP) is 1.71. The quantitative estimate of drug-likeness (QED) is 0.792. The van der Waals surface area contributed by atoms with Crippen molar-refractivity contribution in [2.24, 2.45) is 5.92 Å². The summed E-state index contributed by atoms with van der Waals surface area (Å²) in [4.78, 5) is 28.1. The van der Waals surface area contributed by atoms with Crippen molar-refractivity contribution in [1.82, 2.24) is 9.88 Å². The van der Waals surface area contributed by atoms with Crippen LogP contribution in [0.15, 0.2) is 36.5 Å². The molecule has 0 spiro atoms. The Kier molecular flexibility index (Phi) is 5.73. The average molecular weight is 262 g/mol. The van der Waals surface area contributed by atoms with Crippen LogP contribution in [-0.4, -0.2) is 33.4 Å². The first-order valence-electron chi connectivity index (χ1n) is 6.09. The molecular formula is C14H18N2O3. The van der Waals surface area contributed by atoms with Crippen LogP contribution in [0.3, 0.4) is 0 Å². The van der Waals surface area contributed by atoms with Gasteiger partial charge in [0, 0.05) is 24.9 Å². The minimum atomic E-state index is -1.13. The van der Waals surface area contributed by atoms with Gasteiger partial charge < -0.3 is 10.0 Å². The molecule has 0 aliphatic carbocycles. The summed E-state index contributed by atoms with van der Waals surface area (Å²) in [7, 11) is 0. The fourth-order valence-electron chi connectivity index (χ4n) is 1.61. The third-order valence-electron chi connectivity index (χ3n) is 2.34. The molecule has 0 unspecified atom stereocenters. The zero-order valence-electron chi connectivity index (χ0n) is 11.1. The number of carbonyl (C=O) groups is 2. The highest BCUT2D eigenvalue weighted by atomic mass is 16.4. The summed E-state index contributed by atoms with van der Waals surface area (Å²) < 4.78 is 0. The number of hydrogen-bond donors (Lipinski definition) is 1. The van der Waals surface area contributed by atoms with Crippen molar-refractivity contribution in [3.05, 3.63) is 42.2 Å². The van der Waals surface area contributed by atoms with Gasteiger partial charge >= 0.3 is 5.97 Å². The van der Waals surface area contributed by atoms with Crippen molar-refractivity contribution in [3.63, 3.8) is 0 Å². The number of pyridine rings is 1. The Labute approximate surface area is 112 Å². The summed E-state index contributed by atoms with van der Waals surface area (Å²) in [6.07, 6.45) is 3.60. The molecule has 1 amide bonds. The molecule has 0 bridgehead atoms. The Morgan fingerprint density at radius 2 is 2.11 bits per heavy atom. The van der Waals surface area contributed by atoms with Crippen LogP contribution in [0, 0.1) is 5.92 Å². The van der Waals surface area contributed by atoms with Gasteiger partial charge in [0.2, 0.25) is 5.91 Å². The number of nitrogens with zero attached hydrogens (tertiary/aromatic N) is 2. The Morgan fingerprint density at radius 1 is 1.37 bits per heavy atom. The normalized spacial score (nSPS) is 10.9. The van der Waals surface area contributed by atoms with E-state index in [-0.39, 0.29) is 5.91 Å².